The molecule has 50 valence electrons. The van der Waals surface area contributed by atoms with E-state index in [4.69, 9.17) is 19.2 Å². The molecule has 0 atom stereocenters. The fraction of sp³-hybridized carbons (Fsp3) is 0. The van der Waals surface area contributed by atoms with Gasteiger partial charge in [-0.3, -0.25) is 0 Å². The van der Waals surface area contributed by atoms with Crippen LogP contribution in [0, 0.1) is 0 Å². The van der Waals surface area contributed by atoms with Crippen molar-refractivity contribution < 1.29 is 36.3 Å². The van der Waals surface area contributed by atoms with Crippen LogP contribution in [0.15, 0.2) is 0 Å². The van der Waals surface area contributed by atoms with Crippen LogP contribution in [0.2, 0.25) is 0 Å². The van der Waals surface area contributed by atoms with Gasteiger partial charge in [0, 0.05) is 17.1 Å². The number of hydrogen-bond donors (Lipinski definition) is 3. The Hall–Kier alpha value is 1.93. The van der Waals surface area contributed by atoms with E-state index in [0.717, 1.165) is 0 Å². The van der Waals surface area contributed by atoms with E-state index >= 15 is 0 Å². The molecule has 0 radical (unpaired) electrons. The first-order valence-corrected chi connectivity index (χ1v) is 2.35. The normalized spacial score (nSPS) is 7.38. The minimum atomic E-state index is -4.64. The molecule has 0 unspecified atom stereocenters. The van der Waals surface area contributed by atoms with Gasteiger partial charge in [0.15, 0.2) is 17.4 Å². The largest absolute Gasteiger partial charge is 0.466 e. The Morgan fingerprint density at radius 1 is 1.12 bits per heavy atom. The van der Waals surface area contributed by atoms with Crippen molar-refractivity contribution in [2.75, 3.05) is 0 Å². The fourth-order valence-corrected chi connectivity index (χ4v) is 0. The Balaban J connectivity index is -0.0000000267. The van der Waals surface area contributed by atoms with Crippen LogP contribution < -0.4 is 0 Å². The second-order valence-electron chi connectivity index (χ2n) is 0.513. The zero-order valence-corrected chi connectivity index (χ0v) is 4.55. The van der Waals surface area contributed by atoms with Gasteiger partial charge in [0.25, 0.3) is 0 Å². The van der Waals surface area contributed by atoms with Crippen LogP contribution in [0.4, 0.5) is 0 Å². The standard InChI is InChI=1S/Al.Fe.Mg.H3O4P.5H/c;;;1-5(2,3)4;;;;;/h;;;(H3,1,2,3,4);;;;;. The van der Waals surface area contributed by atoms with Crippen LogP contribution in [0.1, 0.15) is 0 Å². The third-order valence-corrected chi connectivity index (χ3v) is 0. The van der Waals surface area contributed by atoms with Crippen molar-refractivity contribution in [3.63, 3.8) is 0 Å². The first-order chi connectivity index (χ1) is 2.00. The molecule has 0 heterocycles. The fourth-order valence-electron chi connectivity index (χ4n) is 0. The summed E-state index contributed by atoms with van der Waals surface area (Å²) in [5.41, 5.74) is 0. The third-order valence-electron chi connectivity index (χ3n) is 0. The average molecular weight is 210 g/mol. The van der Waals surface area contributed by atoms with Gasteiger partial charge in [-0.25, -0.2) is 4.57 Å². The van der Waals surface area contributed by atoms with Crippen molar-refractivity contribution in [2.45, 2.75) is 0 Å². The zero-order chi connectivity index (χ0) is 4.50. The summed E-state index contributed by atoms with van der Waals surface area (Å²) in [6.45, 7) is 0. The third kappa shape index (κ3) is 102. The summed E-state index contributed by atoms with van der Waals surface area (Å²) in [5.74, 6) is 0. The van der Waals surface area contributed by atoms with E-state index in [-0.39, 0.29) is 57.5 Å². The van der Waals surface area contributed by atoms with E-state index < -0.39 is 7.82 Å². The molecule has 0 aromatic rings. The molecule has 0 bridgehead atoms. The van der Waals surface area contributed by atoms with Gasteiger partial charge in [0.2, 0.25) is 0 Å². The number of phosphoric acid groups is 1. The average Bonchev–Trinajstić information content (AvgIpc) is 0.722. The van der Waals surface area contributed by atoms with Crippen LogP contribution in [0.25, 0.3) is 0 Å². The molecule has 0 aromatic carbocycles. The van der Waals surface area contributed by atoms with Gasteiger partial charge in [0.1, 0.15) is 0 Å². The Morgan fingerprint density at radius 2 is 1.12 bits per heavy atom. The van der Waals surface area contributed by atoms with Crippen molar-refractivity contribution in [3.05, 3.63) is 0 Å². The molecule has 0 saturated carbocycles. The Morgan fingerprint density at radius 3 is 1.12 bits per heavy atom. The van der Waals surface area contributed by atoms with Crippen molar-refractivity contribution in [3.8, 4) is 0 Å². The van der Waals surface area contributed by atoms with Gasteiger partial charge in [-0.15, -0.1) is 0 Å². The number of rotatable bonds is 0. The summed E-state index contributed by atoms with van der Waals surface area (Å²) in [6, 6.07) is 0. The van der Waals surface area contributed by atoms with Gasteiger partial charge in [-0.1, -0.05) is 0 Å². The molecular weight excluding hydrogens is 202 g/mol. The Labute approximate surface area is 84.0 Å². The summed E-state index contributed by atoms with van der Waals surface area (Å²) in [5, 5.41) is 0. The van der Waals surface area contributed by atoms with Crippen LogP contribution in [0.5, 0.6) is 0 Å². The minimum absolute atomic E-state index is 0. The predicted octanol–water partition coefficient (Wildman–Crippen LogP) is -3.03. The second kappa shape index (κ2) is 8.93. The van der Waals surface area contributed by atoms with E-state index in [1.807, 2.05) is 0 Å². The van der Waals surface area contributed by atoms with E-state index in [2.05, 4.69) is 0 Å². The minimum Gasteiger partial charge on any atom is -0.303 e. The molecule has 4 nitrogen and oxygen atoms in total. The van der Waals surface area contributed by atoms with Crippen LogP contribution >= 0.6 is 7.82 Å². The topological polar surface area (TPSA) is 77.8 Å². The molecule has 0 aliphatic rings. The van der Waals surface area contributed by atoms with Crippen molar-refractivity contribution >= 4 is 48.2 Å². The SMILES string of the molecule is O=P(O)(O)O.[AlH3].[Fe].[MgH2]. The van der Waals surface area contributed by atoms with Gasteiger partial charge in [-0.2, -0.15) is 0 Å². The molecule has 3 N–H and O–H groups in total. The molecule has 0 saturated heterocycles. The van der Waals surface area contributed by atoms with Crippen molar-refractivity contribution in [1.82, 2.24) is 0 Å². The molecule has 0 amide bonds. The Bertz CT molecular complexity index is 62.2. The number of hydrogen-bond acceptors (Lipinski definition) is 1. The first kappa shape index (κ1) is 22.5. The van der Waals surface area contributed by atoms with E-state index in [1.165, 1.54) is 0 Å². The van der Waals surface area contributed by atoms with Gasteiger partial charge in [0.05, 0.1) is 0 Å². The summed E-state index contributed by atoms with van der Waals surface area (Å²) in [7, 11) is -4.64. The molecule has 8 heavy (non-hydrogen) atoms. The monoisotopic (exact) mass is 210 g/mol. The van der Waals surface area contributed by atoms with E-state index in [0.29, 0.717) is 0 Å². The van der Waals surface area contributed by atoms with Gasteiger partial charge >= 0.3 is 30.9 Å². The van der Waals surface area contributed by atoms with Gasteiger partial charge < -0.3 is 14.7 Å². The predicted molar refractivity (Wildman–Crippen MR) is 32.7 cm³/mol. The van der Waals surface area contributed by atoms with E-state index in [1.54, 1.807) is 0 Å². The van der Waals surface area contributed by atoms with E-state index in [9.17, 15) is 0 Å². The maximum atomic E-state index is 8.88. The smallest absolute Gasteiger partial charge is 0.303 e. The molecule has 8 heteroatoms. The van der Waals surface area contributed by atoms with Gasteiger partial charge in [-0.05, 0) is 0 Å². The zero-order valence-electron chi connectivity index (χ0n) is 2.55. The summed E-state index contributed by atoms with van der Waals surface area (Å²) in [4.78, 5) is 21.6. The maximum Gasteiger partial charge on any atom is 0.466 e. The second-order valence-corrected chi connectivity index (χ2v) is 1.54. The molecule has 0 rings (SSSR count). The summed E-state index contributed by atoms with van der Waals surface area (Å²) in [6.07, 6.45) is 0. The molecule has 0 aromatic heterocycles. The molecule has 0 aliphatic heterocycles. The van der Waals surface area contributed by atoms with Crippen molar-refractivity contribution in [2.24, 2.45) is 0 Å². The van der Waals surface area contributed by atoms with Crippen molar-refractivity contribution in [1.29, 1.82) is 0 Å². The Kier molecular flexibility index (Phi) is 25.1. The van der Waals surface area contributed by atoms with Crippen LogP contribution in [-0.2, 0) is 21.6 Å². The summed E-state index contributed by atoms with van der Waals surface area (Å²) >= 11 is 0. The molecule has 0 fully saturated rings. The molecular formula is H8AlFeMgO4P. The van der Waals surface area contributed by atoms with Crippen LogP contribution in [-0.4, -0.2) is 55.1 Å². The molecule has 0 aliphatic carbocycles. The quantitative estimate of drug-likeness (QED) is 0.293. The summed E-state index contributed by atoms with van der Waals surface area (Å²) < 4.78 is 8.88. The first-order valence-electron chi connectivity index (χ1n) is 0.783. The maximum absolute atomic E-state index is 8.88. The van der Waals surface area contributed by atoms with Crippen LogP contribution in [0.3, 0.4) is 0 Å². The molecule has 0 spiro atoms.